The predicted molar refractivity (Wildman–Crippen MR) is 74.3 cm³/mol. The van der Waals surface area contributed by atoms with Gasteiger partial charge in [0.1, 0.15) is 0 Å². The summed E-state index contributed by atoms with van der Waals surface area (Å²) in [6.07, 6.45) is -0.347. The summed E-state index contributed by atoms with van der Waals surface area (Å²) < 4.78 is 23.3. The fourth-order valence-electron chi connectivity index (χ4n) is 2.40. The molecule has 0 radical (unpaired) electrons. The lowest BCUT2D eigenvalue weighted by atomic mass is 10.2. The molecule has 1 aliphatic rings. The van der Waals surface area contributed by atoms with E-state index in [0.717, 1.165) is 0 Å². The first kappa shape index (κ1) is 16.7. The van der Waals surface area contributed by atoms with E-state index in [0.29, 0.717) is 6.54 Å². The van der Waals surface area contributed by atoms with Gasteiger partial charge in [-0.1, -0.05) is 0 Å². The van der Waals surface area contributed by atoms with Gasteiger partial charge in [-0.05, 0) is 20.8 Å². The fourth-order valence-corrected chi connectivity index (χ4v) is 3.92. The van der Waals surface area contributed by atoms with Gasteiger partial charge in [0.2, 0.25) is 0 Å². The van der Waals surface area contributed by atoms with Crippen LogP contribution in [0.3, 0.4) is 0 Å². The molecule has 0 aromatic rings. The summed E-state index contributed by atoms with van der Waals surface area (Å²) in [7, 11) is -3.27. The first-order valence-electron chi connectivity index (χ1n) is 6.67. The third-order valence-electron chi connectivity index (χ3n) is 3.40. The number of carboxylic acids is 1. The highest BCUT2D eigenvalue weighted by Gasteiger charge is 2.37. The maximum atomic E-state index is 12.4. The molecule has 1 saturated heterocycles. The maximum Gasteiger partial charge on any atom is 0.320 e. The molecule has 0 aromatic heterocycles. The van der Waals surface area contributed by atoms with Crippen molar-refractivity contribution in [3.05, 3.63) is 0 Å². The average molecular weight is 306 g/mol. The van der Waals surface area contributed by atoms with Gasteiger partial charge in [-0.25, -0.2) is 13.2 Å². The van der Waals surface area contributed by atoms with E-state index < -0.39 is 21.8 Å². The van der Waals surface area contributed by atoms with Crippen molar-refractivity contribution < 1.29 is 23.1 Å². The molecule has 116 valence electrons. The minimum absolute atomic E-state index is 0.0171. The van der Waals surface area contributed by atoms with Gasteiger partial charge >= 0.3 is 12.0 Å². The van der Waals surface area contributed by atoms with Crippen molar-refractivity contribution >= 4 is 21.8 Å². The van der Waals surface area contributed by atoms with Gasteiger partial charge in [-0.3, -0.25) is 4.79 Å². The van der Waals surface area contributed by atoms with Crippen LogP contribution in [0.2, 0.25) is 0 Å². The van der Waals surface area contributed by atoms with Crippen molar-refractivity contribution in [1.82, 2.24) is 9.80 Å². The molecule has 0 saturated carbocycles. The van der Waals surface area contributed by atoms with Crippen LogP contribution in [0.1, 0.15) is 27.2 Å². The fraction of sp³-hybridized carbons (Fsp3) is 0.833. The highest BCUT2D eigenvalue weighted by Crippen LogP contribution is 2.18. The maximum absolute atomic E-state index is 12.4. The Morgan fingerprint density at radius 2 is 2.00 bits per heavy atom. The quantitative estimate of drug-likeness (QED) is 0.811. The first-order valence-corrected chi connectivity index (χ1v) is 8.49. The van der Waals surface area contributed by atoms with Crippen molar-refractivity contribution in [2.24, 2.45) is 0 Å². The number of rotatable bonds is 4. The zero-order valence-corrected chi connectivity index (χ0v) is 12.9. The highest BCUT2D eigenvalue weighted by molar-refractivity contribution is 7.91. The summed E-state index contributed by atoms with van der Waals surface area (Å²) in [5.41, 5.74) is 0. The molecule has 1 unspecified atom stereocenters. The summed E-state index contributed by atoms with van der Waals surface area (Å²) in [4.78, 5) is 26.3. The van der Waals surface area contributed by atoms with E-state index in [9.17, 15) is 18.0 Å². The first-order chi connectivity index (χ1) is 9.18. The minimum Gasteiger partial charge on any atom is -0.481 e. The number of carbonyl (C=O) groups is 2. The Bertz CT molecular complexity index is 474. The lowest BCUT2D eigenvalue weighted by Crippen LogP contribution is -2.57. The Labute approximate surface area is 119 Å². The largest absolute Gasteiger partial charge is 0.481 e. The van der Waals surface area contributed by atoms with Crippen LogP contribution >= 0.6 is 0 Å². The molecular formula is C12H22N2O5S. The zero-order valence-electron chi connectivity index (χ0n) is 12.1. The molecule has 1 rings (SSSR count). The van der Waals surface area contributed by atoms with Gasteiger partial charge in [0.15, 0.2) is 9.84 Å². The van der Waals surface area contributed by atoms with Crippen LogP contribution in [0, 0.1) is 0 Å². The summed E-state index contributed by atoms with van der Waals surface area (Å²) >= 11 is 0. The molecule has 1 heterocycles. The number of urea groups is 1. The van der Waals surface area contributed by atoms with Crippen LogP contribution in [0.5, 0.6) is 0 Å². The summed E-state index contributed by atoms with van der Waals surface area (Å²) in [5.74, 6) is -1.48. The molecule has 8 heteroatoms. The van der Waals surface area contributed by atoms with Crippen LogP contribution < -0.4 is 0 Å². The molecule has 0 aromatic carbocycles. The van der Waals surface area contributed by atoms with E-state index in [1.807, 2.05) is 20.8 Å². The molecule has 20 heavy (non-hydrogen) atoms. The smallest absolute Gasteiger partial charge is 0.320 e. The van der Waals surface area contributed by atoms with Crippen LogP contribution in [0.15, 0.2) is 0 Å². The third-order valence-corrected chi connectivity index (χ3v) is 5.09. The van der Waals surface area contributed by atoms with E-state index in [1.54, 1.807) is 4.90 Å². The van der Waals surface area contributed by atoms with Gasteiger partial charge in [0.05, 0.1) is 24.0 Å². The Hall–Kier alpha value is -1.31. The number of sulfone groups is 1. The normalized spacial score (nSPS) is 21.8. The number of carboxylic acid groups (broad SMARTS) is 1. The Morgan fingerprint density at radius 1 is 1.40 bits per heavy atom. The van der Waals surface area contributed by atoms with Crippen molar-refractivity contribution in [2.45, 2.75) is 39.3 Å². The second-order valence-corrected chi connectivity index (χ2v) is 7.45. The average Bonchev–Trinajstić information content (AvgIpc) is 2.27. The van der Waals surface area contributed by atoms with Crippen molar-refractivity contribution in [3.63, 3.8) is 0 Å². The van der Waals surface area contributed by atoms with Crippen LogP contribution in [0.25, 0.3) is 0 Å². The number of amides is 2. The van der Waals surface area contributed by atoms with Crippen molar-refractivity contribution in [2.75, 3.05) is 24.6 Å². The van der Waals surface area contributed by atoms with Crippen molar-refractivity contribution in [1.29, 1.82) is 0 Å². The van der Waals surface area contributed by atoms with Gasteiger partial charge in [-0.15, -0.1) is 0 Å². The monoisotopic (exact) mass is 306 g/mol. The molecule has 0 spiro atoms. The standard InChI is InChI=1S/C12H22N2O5S/c1-4-13(9(2)3)12(17)14-5-6-20(18,19)8-10(14)7-11(15)16/h9-10H,4-8H2,1-3H3,(H,15,16). The summed E-state index contributed by atoms with van der Waals surface area (Å²) in [6.45, 7) is 6.13. The second-order valence-electron chi connectivity index (χ2n) is 5.22. The Morgan fingerprint density at radius 3 is 2.45 bits per heavy atom. The SMILES string of the molecule is CCN(C(=O)N1CCS(=O)(=O)CC1CC(=O)O)C(C)C. The molecule has 2 amide bonds. The van der Waals surface area contributed by atoms with Crippen LogP contribution in [-0.4, -0.2) is 72.0 Å². The van der Waals surface area contributed by atoms with Crippen molar-refractivity contribution in [3.8, 4) is 0 Å². The number of aliphatic carboxylic acids is 1. The molecule has 7 nitrogen and oxygen atoms in total. The lowest BCUT2D eigenvalue weighted by molar-refractivity contribution is -0.138. The molecule has 1 fully saturated rings. The molecule has 0 aliphatic carbocycles. The molecule has 1 atom stereocenters. The van der Waals surface area contributed by atoms with Gasteiger partial charge in [0.25, 0.3) is 0 Å². The molecule has 1 N–H and O–H groups in total. The van der Waals surface area contributed by atoms with Gasteiger partial charge < -0.3 is 14.9 Å². The van der Waals surface area contributed by atoms with E-state index >= 15 is 0 Å². The molecule has 1 aliphatic heterocycles. The zero-order chi connectivity index (χ0) is 15.5. The van der Waals surface area contributed by atoms with E-state index in [-0.39, 0.29) is 36.5 Å². The number of hydrogen-bond acceptors (Lipinski definition) is 4. The topological polar surface area (TPSA) is 95.0 Å². The number of carbonyl (C=O) groups excluding carboxylic acids is 1. The van der Waals surface area contributed by atoms with Gasteiger partial charge in [0, 0.05) is 19.1 Å². The highest BCUT2D eigenvalue weighted by atomic mass is 32.2. The lowest BCUT2D eigenvalue weighted by Gasteiger charge is -2.39. The summed E-state index contributed by atoms with van der Waals surface area (Å²) in [5, 5.41) is 8.89. The molecular weight excluding hydrogens is 284 g/mol. The Kier molecular flexibility index (Phi) is 5.38. The third kappa shape index (κ3) is 4.09. The Balaban J connectivity index is 2.95. The van der Waals surface area contributed by atoms with Crippen LogP contribution in [0.4, 0.5) is 4.79 Å². The minimum atomic E-state index is -3.27. The van der Waals surface area contributed by atoms with E-state index in [4.69, 9.17) is 5.11 Å². The number of nitrogens with zero attached hydrogens (tertiary/aromatic N) is 2. The second kappa shape index (κ2) is 6.43. The predicted octanol–water partition coefficient (Wildman–Crippen LogP) is 0.410. The van der Waals surface area contributed by atoms with E-state index in [1.165, 1.54) is 4.90 Å². The number of hydrogen-bond donors (Lipinski definition) is 1. The summed E-state index contributed by atoms with van der Waals surface area (Å²) in [6, 6.07) is -1.09. The van der Waals surface area contributed by atoms with E-state index in [2.05, 4.69) is 0 Å². The van der Waals surface area contributed by atoms with Gasteiger partial charge in [-0.2, -0.15) is 0 Å². The van der Waals surface area contributed by atoms with Crippen LogP contribution in [-0.2, 0) is 14.6 Å². The molecule has 0 bridgehead atoms.